The van der Waals surface area contributed by atoms with E-state index in [-0.39, 0.29) is 5.54 Å². The highest BCUT2D eigenvalue weighted by molar-refractivity contribution is 6.30. The first kappa shape index (κ1) is 9.68. The van der Waals surface area contributed by atoms with Crippen LogP contribution in [0, 0.1) is 11.8 Å². The molecule has 2 aliphatic carbocycles. The van der Waals surface area contributed by atoms with E-state index in [9.17, 15) is 0 Å². The summed E-state index contributed by atoms with van der Waals surface area (Å²) in [6, 6.07) is 8.06. The van der Waals surface area contributed by atoms with Gasteiger partial charge < -0.3 is 5.73 Å². The molecule has 3 rings (SSSR count). The number of hydrogen-bond donors (Lipinski definition) is 1. The van der Waals surface area contributed by atoms with E-state index in [1.165, 1.54) is 24.8 Å². The quantitative estimate of drug-likeness (QED) is 0.815. The van der Waals surface area contributed by atoms with Crippen molar-refractivity contribution >= 4 is 11.6 Å². The van der Waals surface area contributed by atoms with E-state index in [2.05, 4.69) is 6.07 Å². The van der Waals surface area contributed by atoms with Gasteiger partial charge in [-0.3, -0.25) is 0 Å². The second-order valence-electron chi connectivity index (χ2n) is 5.05. The second-order valence-corrected chi connectivity index (χ2v) is 5.49. The maximum Gasteiger partial charge on any atom is 0.0445 e. The highest BCUT2D eigenvalue weighted by Crippen LogP contribution is 2.58. The zero-order chi connectivity index (χ0) is 10.5. The van der Waals surface area contributed by atoms with Crippen molar-refractivity contribution in [2.45, 2.75) is 31.2 Å². The summed E-state index contributed by atoms with van der Waals surface area (Å²) in [4.78, 5) is 0. The Morgan fingerprint density at radius 2 is 2.13 bits per heavy atom. The molecule has 0 heterocycles. The van der Waals surface area contributed by atoms with E-state index in [1.54, 1.807) is 0 Å². The molecular weight excluding hydrogens is 206 g/mol. The van der Waals surface area contributed by atoms with Crippen LogP contribution in [0.4, 0.5) is 0 Å². The van der Waals surface area contributed by atoms with E-state index in [4.69, 9.17) is 17.3 Å². The average molecular weight is 222 g/mol. The van der Waals surface area contributed by atoms with Crippen molar-refractivity contribution < 1.29 is 0 Å². The second kappa shape index (κ2) is 3.23. The van der Waals surface area contributed by atoms with Crippen LogP contribution in [-0.2, 0) is 5.54 Å². The Hall–Kier alpha value is -0.530. The van der Waals surface area contributed by atoms with E-state index in [0.717, 1.165) is 17.4 Å². The number of benzene rings is 1. The third kappa shape index (κ3) is 1.49. The molecule has 2 unspecified atom stereocenters. The summed E-state index contributed by atoms with van der Waals surface area (Å²) in [7, 11) is 0. The number of nitrogens with two attached hydrogens (primary N) is 1. The van der Waals surface area contributed by atoms with Gasteiger partial charge in [0.15, 0.2) is 0 Å². The Bertz CT molecular complexity index is 386. The molecule has 15 heavy (non-hydrogen) atoms. The lowest BCUT2D eigenvalue weighted by molar-refractivity contribution is 0.258. The van der Waals surface area contributed by atoms with Crippen LogP contribution in [0.25, 0.3) is 0 Å². The molecule has 2 aliphatic rings. The smallest absolute Gasteiger partial charge is 0.0445 e. The molecule has 0 saturated heterocycles. The minimum Gasteiger partial charge on any atom is -0.321 e. The van der Waals surface area contributed by atoms with E-state index in [0.29, 0.717) is 5.92 Å². The molecule has 2 heteroatoms. The molecule has 80 valence electrons. The van der Waals surface area contributed by atoms with Crippen molar-refractivity contribution in [2.24, 2.45) is 17.6 Å². The molecule has 0 aliphatic heterocycles. The van der Waals surface area contributed by atoms with Gasteiger partial charge in [0.1, 0.15) is 0 Å². The zero-order valence-electron chi connectivity index (χ0n) is 8.75. The molecule has 1 nitrogen and oxygen atoms in total. The van der Waals surface area contributed by atoms with Crippen LogP contribution >= 0.6 is 11.6 Å². The van der Waals surface area contributed by atoms with Gasteiger partial charge in [0.05, 0.1) is 0 Å². The summed E-state index contributed by atoms with van der Waals surface area (Å²) >= 11 is 6.00. The minimum atomic E-state index is -0.0595. The molecule has 2 fully saturated rings. The zero-order valence-corrected chi connectivity index (χ0v) is 9.50. The first-order valence-corrected chi connectivity index (χ1v) is 6.13. The van der Waals surface area contributed by atoms with Crippen molar-refractivity contribution in [3.8, 4) is 0 Å². The molecule has 2 N–H and O–H groups in total. The standard InChI is InChI=1S/C13H16ClN/c14-11-6-2-5-10(7-11)13(15)8-12(13)9-3-1-4-9/h2,5-7,9,12H,1,3-4,8,15H2. The topological polar surface area (TPSA) is 26.0 Å². The van der Waals surface area contributed by atoms with E-state index in [1.807, 2.05) is 18.2 Å². The molecule has 0 amide bonds. The summed E-state index contributed by atoms with van der Waals surface area (Å²) in [6.45, 7) is 0. The summed E-state index contributed by atoms with van der Waals surface area (Å²) in [6.07, 6.45) is 5.30. The highest BCUT2D eigenvalue weighted by Gasteiger charge is 2.56. The van der Waals surface area contributed by atoms with Crippen LogP contribution in [0.2, 0.25) is 5.02 Å². The van der Waals surface area contributed by atoms with Gasteiger partial charge in [-0.05, 0) is 36.0 Å². The molecule has 0 bridgehead atoms. The van der Waals surface area contributed by atoms with E-state index < -0.39 is 0 Å². The predicted octanol–water partition coefficient (Wildman–Crippen LogP) is 3.31. The third-order valence-electron chi connectivity index (χ3n) is 4.14. The molecule has 2 atom stereocenters. The summed E-state index contributed by atoms with van der Waals surface area (Å²) in [5, 5.41) is 0.802. The lowest BCUT2D eigenvalue weighted by Crippen LogP contribution is -2.27. The first-order chi connectivity index (χ1) is 7.20. The third-order valence-corrected chi connectivity index (χ3v) is 4.38. The van der Waals surface area contributed by atoms with Crippen molar-refractivity contribution in [1.29, 1.82) is 0 Å². The lowest BCUT2D eigenvalue weighted by atomic mass is 9.79. The van der Waals surface area contributed by atoms with E-state index >= 15 is 0 Å². The SMILES string of the molecule is NC1(c2cccc(Cl)c2)CC1C1CCC1. The van der Waals surface area contributed by atoms with Gasteiger partial charge in [0.25, 0.3) is 0 Å². The van der Waals surface area contributed by atoms with Crippen molar-refractivity contribution in [3.05, 3.63) is 34.9 Å². The highest BCUT2D eigenvalue weighted by atomic mass is 35.5. The fourth-order valence-electron chi connectivity index (χ4n) is 2.84. The maximum atomic E-state index is 6.43. The number of hydrogen-bond acceptors (Lipinski definition) is 1. The van der Waals surface area contributed by atoms with Gasteiger partial charge in [-0.15, -0.1) is 0 Å². The van der Waals surface area contributed by atoms with Crippen molar-refractivity contribution in [3.63, 3.8) is 0 Å². The summed E-state index contributed by atoms with van der Waals surface area (Å²) < 4.78 is 0. The summed E-state index contributed by atoms with van der Waals surface area (Å²) in [5.74, 6) is 1.60. The Morgan fingerprint density at radius 3 is 2.73 bits per heavy atom. The predicted molar refractivity (Wildman–Crippen MR) is 62.8 cm³/mol. The minimum absolute atomic E-state index is 0.0595. The molecular formula is C13H16ClN. The Balaban J connectivity index is 1.83. The molecule has 0 spiro atoms. The fourth-order valence-corrected chi connectivity index (χ4v) is 3.03. The van der Waals surface area contributed by atoms with Gasteiger partial charge in [-0.2, -0.15) is 0 Å². The largest absolute Gasteiger partial charge is 0.321 e. The van der Waals surface area contributed by atoms with Gasteiger partial charge in [0, 0.05) is 10.6 Å². The van der Waals surface area contributed by atoms with Gasteiger partial charge in [-0.1, -0.05) is 43.0 Å². The number of halogens is 1. The first-order valence-electron chi connectivity index (χ1n) is 5.75. The van der Waals surface area contributed by atoms with Crippen LogP contribution in [-0.4, -0.2) is 0 Å². The molecule has 1 aromatic carbocycles. The normalized spacial score (nSPS) is 34.9. The monoisotopic (exact) mass is 221 g/mol. The van der Waals surface area contributed by atoms with Crippen LogP contribution in [0.3, 0.4) is 0 Å². The van der Waals surface area contributed by atoms with Gasteiger partial charge >= 0.3 is 0 Å². The maximum absolute atomic E-state index is 6.43. The molecule has 0 radical (unpaired) electrons. The summed E-state index contributed by atoms with van der Waals surface area (Å²) in [5.41, 5.74) is 7.60. The number of rotatable bonds is 2. The van der Waals surface area contributed by atoms with Gasteiger partial charge in [0.2, 0.25) is 0 Å². The average Bonchev–Trinajstić information content (AvgIpc) is 2.76. The van der Waals surface area contributed by atoms with Gasteiger partial charge in [-0.25, -0.2) is 0 Å². The Kier molecular flexibility index (Phi) is 2.08. The molecule has 2 saturated carbocycles. The van der Waals surface area contributed by atoms with Crippen LogP contribution in [0.5, 0.6) is 0 Å². The van der Waals surface area contributed by atoms with Crippen LogP contribution in [0.15, 0.2) is 24.3 Å². The van der Waals surface area contributed by atoms with Crippen LogP contribution in [0.1, 0.15) is 31.2 Å². The van der Waals surface area contributed by atoms with Crippen LogP contribution < -0.4 is 5.73 Å². The lowest BCUT2D eigenvalue weighted by Gasteiger charge is -2.27. The van der Waals surface area contributed by atoms with Crippen molar-refractivity contribution in [2.75, 3.05) is 0 Å². The van der Waals surface area contributed by atoms with Crippen molar-refractivity contribution in [1.82, 2.24) is 0 Å². The Labute approximate surface area is 95.6 Å². The molecule has 0 aromatic heterocycles. The fraction of sp³-hybridized carbons (Fsp3) is 0.538. The Morgan fingerprint density at radius 1 is 1.33 bits per heavy atom. The molecule has 1 aromatic rings.